The lowest BCUT2D eigenvalue weighted by Crippen LogP contribution is -2.47. The number of nitrogens with zero attached hydrogens (tertiary/aromatic N) is 3. The molecule has 0 bridgehead atoms. The Morgan fingerprint density at radius 1 is 1.30 bits per heavy atom. The molecule has 2 saturated carbocycles. The Kier molecular flexibility index (Phi) is 5.37. The van der Waals surface area contributed by atoms with Crippen LogP contribution in [-0.2, 0) is 9.53 Å². The molecule has 3 fully saturated rings. The summed E-state index contributed by atoms with van der Waals surface area (Å²) in [5.41, 5.74) is 0.429. The second-order valence-electron chi connectivity index (χ2n) is 10.3. The Hall–Kier alpha value is -1.67. The number of likely N-dealkylation sites (tertiary alicyclic amines) is 1. The number of nitrogens with one attached hydrogen (secondary N) is 1. The van der Waals surface area contributed by atoms with Crippen LogP contribution in [0, 0.1) is 5.41 Å². The highest BCUT2D eigenvalue weighted by Crippen LogP contribution is 2.60. The van der Waals surface area contributed by atoms with E-state index in [9.17, 15) is 9.59 Å². The van der Waals surface area contributed by atoms with Crippen LogP contribution in [0.5, 0.6) is 0 Å². The third-order valence-electron chi connectivity index (χ3n) is 6.11. The molecule has 1 aromatic rings. The van der Waals surface area contributed by atoms with Gasteiger partial charge in [-0.05, 0) is 94.0 Å². The molecule has 8 heteroatoms. The van der Waals surface area contributed by atoms with Gasteiger partial charge in [0.05, 0.1) is 0 Å². The SMILES string of the molecule is CN(C)C[C@]12CC1N(C(=O)OC(C)(C)C)[C@H](C(=O)Nc1nc(Br)ccc1C1CC1)C2. The molecule has 3 aliphatic rings. The fraction of sp³-hybridized carbons (Fsp3) is 0.682. The van der Waals surface area contributed by atoms with Crippen LogP contribution < -0.4 is 5.32 Å². The monoisotopic (exact) mass is 478 g/mol. The lowest BCUT2D eigenvalue weighted by molar-refractivity contribution is -0.121. The van der Waals surface area contributed by atoms with E-state index in [2.05, 4.69) is 31.1 Å². The number of rotatable bonds is 5. The Morgan fingerprint density at radius 2 is 2.00 bits per heavy atom. The maximum Gasteiger partial charge on any atom is 0.411 e. The van der Waals surface area contributed by atoms with Gasteiger partial charge in [0.25, 0.3) is 0 Å². The van der Waals surface area contributed by atoms with E-state index in [0.29, 0.717) is 22.8 Å². The highest BCUT2D eigenvalue weighted by atomic mass is 79.9. The van der Waals surface area contributed by atoms with Crippen molar-refractivity contribution in [1.82, 2.24) is 14.8 Å². The first-order chi connectivity index (χ1) is 14.0. The van der Waals surface area contributed by atoms with E-state index >= 15 is 0 Å². The van der Waals surface area contributed by atoms with E-state index in [4.69, 9.17) is 4.74 Å². The van der Waals surface area contributed by atoms with Crippen molar-refractivity contribution < 1.29 is 14.3 Å². The number of amides is 2. The summed E-state index contributed by atoms with van der Waals surface area (Å²) in [6.45, 7) is 6.40. The van der Waals surface area contributed by atoms with Crippen molar-refractivity contribution in [2.75, 3.05) is 26.0 Å². The number of aromatic nitrogens is 1. The second kappa shape index (κ2) is 7.48. The summed E-state index contributed by atoms with van der Waals surface area (Å²) in [7, 11) is 4.06. The Labute approximate surface area is 186 Å². The van der Waals surface area contributed by atoms with Crippen LogP contribution in [0.2, 0.25) is 0 Å². The third kappa shape index (κ3) is 4.35. The number of fused-ring (bicyclic) bond motifs is 1. The molecule has 2 aliphatic carbocycles. The molecule has 4 rings (SSSR count). The topological polar surface area (TPSA) is 74.8 Å². The van der Waals surface area contributed by atoms with Crippen LogP contribution in [0.25, 0.3) is 0 Å². The van der Waals surface area contributed by atoms with E-state index in [1.165, 1.54) is 0 Å². The van der Waals surface area contributed by atoms with Gasteiger partial charge in [-0.1, -0.05) is 6.07 Å². The molecule has 1 unspecified atom stereocenters. The highest BCUT2D eigenvalue weighted by molar-refractivity contribution is 9.10. The van der Waals surface area contributed by atoms with Crippen molar-refractivity contribution in [2.45, 2.75) is 70.1 Å². The van der Waals surface area contributed by atoms with Crippen LogP contribution in [0.4, 0.5) is 10.6 Å². The number of pyridine rings is 1. The zero-order chi connectivity index (χ0) is 21.8. The summed E-state index contributed by atoms with van der Waals surface area (Å²) >= 11 is 3.41. The number of hydrogen-bond acceptors (Lipinski definition) is 5. The van der Waals surface area contributed by atoms with E-state index < -0.39 is 17.7 Å². The van der Waals surface area contributed by atoms with Crippen LogP contribution in [0.1, 0.15) is 57.9 Å². The fourth-order valence-corrected chi connectivity index (χ4v) is 5.07. The number of ether oxygens (including phenoxy) is 1. The normalized spacial score (nSPS) is 27.8. The van der Waals surface area contributed by atoms with Crippen LogP contribution in [0.15, 0.2) is 16.7 Å². The molecule has 1 aliphatic heterocycles. The van der Waals surface area contributed by atoms with E-state index in [0.717, 1.165) is 31.4 Å². The van der Waals surface area contributed by atoms with Gasteiger partial charge in [-0.15, -0.1) is 0 Å². The summed E-state index contributed by atoms with van der Waals surface area (Å²) in [5, 5.41) is 3.03. The number of anilines is 1. The number of hydrogen-bond donors (Lipinski definition) is 1. The van der Waals surface area contributed by atoms with Crippen molar-refractivity contribution >= 4 is 33.7 Å². The zero-order valence-corrected chi connectivity index (χ0v) is 20.0. The zero-order valence-electron chi connectivity index (χ0n) is 18.4. The lowest BCUT2D eigenvalue weighted by atomic mass is 9.98. The van der Waals surface area contributed by atoms with Crippen LogP contribution in [-0.4, -0.2) is 65.1 Å². The average molecular weight is 479 g/mol. The predicted octanol–water partition coefficient (Wildman–Crippen LogP) is 3.99. The average Bonchev–Trinajstić information content (AvgIpc) is 3.51. The van der Waals surface area contributed by atoms with Gasteiger partial charge in [0, 0.05) is 18.0 Å². The quantitative estimate of drug-likeness (QED) is 0.647. The van der Waals surface area contributed by atoms with Gasteiger partial charge < -0.3 is 15.0 Å². The first kappa shape index (κ1) is 21.6. The maximum atomic E-state index is 13.4. The molecule has 164 valence electrons. The Balaban J connectivity index is 1.57. The molecule has 30 heavy (non-hydrogen) atoms. The molecule has 2 heterocycles. The van der Waals surface area contributed by atoms with Gasteiger partial charge in [0.1, 0.15) is 22.1 Å². The third-order valence-corrected chi connectivity index (χ3v) is 6.55. The number of carbonyl (C=O) groups is 2. The molecule has 1 saturated heterocycles. The smallest absolute Gasteiger partial charge is 0.411 e. The van der Waals surface area contributed by atoms with Crippen molar-refractivity contribution in [3.8, 4) is 0 Å². The minimum absolute atomic E-state index is 0.0353. The van der Waals surface area contributed by atoms with Gasteiger partial charge >= 0.3 is 6.09 Å². The van der Waals surface area contributed by atoms with Crippen molar-refractivity contribution in [3.05, 3.63) is 22.3 Å². The molecule has 0 spiro atoms. The summed E-state index contributed by atoms with van der Waals surface area (Å²) in [4.78, 5) is 34.7. The van der Waals surface area contributed by atoms with Gasteiger partial charge in [-0.25, -0.2) is 9.78 Å². The molecular formula is C22H31BrN4O3. The largest absolute Gasteiger partial charge is 0.444 e. The predicted molar refractivity (Wildman–Crippen MR) is 118 cm³/mol. The van der Waals surface area contributed by atoms with Gasteiger partial charge in [0.15, 0.2) is 0 Å². The van der Waals surface area contributed by atoms with E-state index in [1.807, 2.05) is 47.0 Å². The van der Waals surface area contributed by atoms with Crippen molar-refractivity contribution in [1.29, 1.82) is 0 Å². The number of piperidine rings is 1. The molecular weight excluding hydrogens is 448 g/mol. The van der Waals surface area contributed by atoms with E-state index in [1.54, 1.807) is 4.90 Å². The van der Waals surface area contributed by atoms with Crippen molar-refractivity contribution in [3.63, 3.8) is 0 Å². The maximum absolute atomic E-state index is 13.4. The van der Waals surface area contributed by atoms with Gasteiger partial charge in [-0.3, -0.25) is 9.69 Å². The molecule has 2 amide bonds. The molecule has 0 aromatic carbocycles. The fourth-order valence-electron chi connectivity index (χ4n) is 4.76. The summed E-state index contributed by atoms with van der Waals surface area (Å²) in [6.07, 6.45) is 3.39. The summed E-state index contributed by atoms with van der Waals surface area (Å²) in [5.74, 6) is 0.877. The highest BCUT2D eigenvalue weighted by Gasteiger charge is 2.67. The Bertz CT molecular complexity index is 864. The molecule has 1 N–H and O–H groups in total. The van der Waals surface area contributed by atoms with E-state index in [-0.39, 0.29) is 17.4 Å². The minimum Gasteiger partial charge on any atom is -0.444 e. The number of halogens is 1. The number of carbonyl (C=O) groups excluding carboxylic acids is 2. The van der Waals surface area contributed by atoms with Gasteiger partial charge in [-0.2, -0.15) is 0 Å². The van der Waals surface area contributed by atoms with Crippen LogP contribution >= 0.6 is 15.9 Å². The molecule has 1 aromatic heterocycles. The minimum atomic E-state index is -0.606. The first-order valence-electron chi connectivity index (χ1n) is 10.6. The molecule has 3 atom stereocenters. The standard InChI is InChI=1S/C22H31BrN4O3/c1-21(2,3)30-20(29)27-15(10-22(11-16(22)27)12-26(4)5)19(28)25-18-14(13-6-7-13)8-9-17(23)24-18/h8-9,13,15-16H,6-7,10-12H2,1-5H3,(H,24,25,28)/t15-,16?,22-/m0/s1. The summed E-state index contributed by atoms with van der Waals surface area (Å²) < 4.78 is 6.35. The lowest BCUT2D eigenvalue weighted by Gasteiger charge is -2.30. The summed E-state index contributed by atoms with van der Waals surface area (Å²) in [6, 6.07) is 3.43. The first-order valence-corrected chi connectivity index (χ1v) is 11.4. The second-order valence-corrected chi connectivity index (χ2v) is 11.1. The molecule has 0 radical (unpaired) electrons. The van der Waals surface area contributed by atoms with Gasteiger partial charge in [0.2, 0.25) is 5.91 Å². The van der Waals surface area contributed by atoms with Crippen LogP contribution in [0.3, 0.4) is 0 Å². The molecule has 7 nitrogen and oxygen atoms in total. The Morgan fingerprint density at radius 3 is 2.60 bits per heavy atom. The van der Waals surface area contributed by atoms with Crippen molar-refractivity contribution in [2.24, 2.45) is 5.41 Å².